The number of carbonyl (C=O) groups excluding carboxylic acids is 1. The van der Waals surface area contributed by atoms with Crippen LogP contribution in [0.25, 0.3) is 0 Å². The van der Waals surface area contributed by atoms with Crippen LogP contribution in [-0.4, -0.2) is 19.1 Å². The molecule has 0 saturated carbocycles. The summed E-state index contributed by atoms with van der Waals surface area (Å²) in [5, 5.41) is 0. The van der Waals surface area contributed by atoms with Gasteiger partial charge < -0.3 is 10.5 Å². The van der Waals surface area contributed by atoms with Crippen LogP contribution in [0.15, 0.2) is 0 Å². The van der Waals surface area contributed by atoms with Gasteiger partial charge in [-0.1, -0.05) is 6.92 Å². The second-order valence-corrected chi connectivity index (χ2v) is 2.94. The number of ether oxygens (including phenoxy) is 1. The number of nitrogens with two attached hydrogens (primary N) is 1. The largest absolute Gasteiger partial charge is 0.381 e. The van der Waals surface area contributed by atoms with Crippen molar-refractivity contribution in [2.75, 3.05) is 13.2 Å². The molecule has 1 amide bonds. The molecule has 1 aliphatic heterocycles. The van der Waals surface area contributed by atoms with Gasteiger partial charge in [0.2, 0.25) is 5.91 Å². The molecule has 0 aromatic rings. The minimum absolute atomic E-state index is 0.00824. The highest BCUT2D eigenvalue weighted by atomic mass is 16.5. The molecule has 1 atom stereocenters. The summed E-state index contributed by atoms with van der Waals surface area (Å²) in [7, 11) is 0. The average Bonchev–Trinajstić information content (AvgIpc) is 1.77. The summed E-state index contributed by atoms with van der Waals surface area (Å²) < 4.78 is 4.96. The van der Waals surface area contributed by atoms with Crippen LogP contribution in [0.1, 0.15) is 13.3 Å². The van der Waals surface area contributed by atoms with Crippen LogP contribution in [-0.2, 0) is 9.53 Å². The molecule has 0 radical (unpaired) electrons. The second kappa shape index (κ2) is 3.01. The fourth-order valence-corrected chi connectivity index (χ4v) is 1.04. The number of hydrogen-bond donors (Lipinski definition) is 1. The van der Waals surface area contributed by atoms with Gasteiger partial charge in [0.25, 0.3) is 0 Å². The van der Waals surface area contributed by atoms with E-state index in [2.05, 4.69) is 0 Å². The van der Waals surface area contributed by atoms with E-state index in [1.165, 1.54) is 0 Å². The molecule has 2 N–H and O–H groups in total. The lowest BCUT2D eigenvalue weighted by molar-refractivity contribution is -0.123. The molecule has 10 heavy (non-hydrogen) atoms. The van der Waals surface area contributed by atoms with Crippen molar-refractivity contribution in [2.45, 2.75) is 13.3 Å². The molecule has 3 heteroatoms. The Morgan fingerprint density at radius 3 is 2.70 bits per heavy atom. The first kappa shape index (κ1) is 7.54. The van der Waals surface area contributed by atoms with E-state index in [9.17, 15) is 4.79 Å². The maximum absolute atomic E-state index is 10.6. The first-order valence-corrected chi connectivity index (χ1v) is 3.57. The molecule has 0 aromatic carbocycles. The van der Waals surface area contributed by atoms with Gasteiger partial charge in [-0.2, -0.15) is 0 Å². The molecule has 0 aromatic heterocycles. The van der Waals surface area contributed by atoms with Gasteiger partial charge in [-0.25, -0.2) is 0 Å². The highest BCUT2D eigenvalue weighted by molar-refractivity contribution is 5.76. The highest BCUT2D eigenvalue weighted by Gasteiger charge is 2.22. The van der Waals surface area contributed by atoms with Gasteiger partial charge in [-0.05, 0) is 6.42 Å². The molecule has 1 saturated heterocycles. The Kier molecular flexibility index (Phi) is 2.27. The summed E-state index contributed by atoms with van der Waals surface area (Å²) in [6.45, 7) is 3.47. The third-order valence-corrected chi connectivity index (χ3v) is 1.88. The number of amides is 1. The molecule has 0 unspecified atom stereocenters. The SMILES string of the molecule is C[C@H](CC1COC1)C(N)=O. The Morgan fingerprint density at radius 1 is 1.80 bits per heavy atom. The van der Waals surface area contributed by atoms with Gasteiger partial charge in [0.15, 0.2) is 0 Å². The molecule has 1 heterocycles. The van der Waals surface area contributed by atoms with Crippen molar-refractivity contribution in [3.05, 3.63) is 0 Å². The van der Waals surface area contributed by atoms with Gasteiger partial charge >= 0.3 is 0 Å². The first-order chi connectivity index (χ1) is 4.70. The summed E-state index contributed by atoms with van der Waals surface area (Å²) in [4.78, 5) is 10.6. The molecule has 1 fully saturated rings. The van der Waals surface area contributed by atoms with Crippen molar-refractivity contribution < 1.29 is 9.53 Å². The fourth-order valence-electron chi connectivity index (χ4n) is 1.04. The lowest BCUT2D eigenvalue weighted by Crippen LogP contribution is -2.32. The monoisotopic (exact) mass is 143 g/mol. The van der Waals surface area contributed by atoms with E-state index in [0.717, 1.165) is 19.6 Å². The van der Waals surface area contributed by atoms with Crippen molar-refractivity contribution >= 4 is 5.91 Å². The molecular weight excluding hydrogens is 130 g/mol. The van der Waals surface area contributed by atoms with Gasteiger partial charge in [-0.15, -0.1) is 0 Å². The quantitative estimate of drug-likeness (QED) is 0.611. The average molecular weight is 143 g/mol. The van der Waals surface area contributed by atoms with E-state index in [0.29, 0.717) is 5.92 Å². The maximum Gasteiger partial charge on any atom is 0.220 e. The van der Waals surface area contributed by atoms with E-state index in [-0.39, 0.29) is 11.8 Å². The topological polar surface area (TPSA) is 52.3 Å². The number of carbonyl (C=O) groups is 1. The minimum atomic E-state index is -0.202. The zero-order valence-electron chi connectivity index (χ0n) is 6.17. The molecule has 0 bridgehead atoms. The Balaban J connectivity index is 2.16. The van der Waals surface area contributed by atoms with Crippen molar-refractivity contribution in [1.82, 2.24) is 0 Å². The standard InChI is InChI=1S/C7H13NO2/c1-5(7(8)9)2-6-3-10-4-6/h5-6H,2-4H2,1H3,(H2,8,9)/t5-/m1/s1. The highest BCUT2D eigenvalue weighted by Crippen LogP contribution is 2.19. The molecule has 58 valence electrons. The normalized spacial score (nSPS) is 21.7. The van der Waals surface area contributed by atoms with Crippen LogP contribution in [0.5, 0.6) is 0 Å². The van der Waals surface area contributed by atoms with Crippen molar-refractivity contribution in [3.63, 3.8) is 0 Å². The third kappa shape index (κ3) is 1.70. The van der Waals surface area contributed by atoms with Crippen LogP contribution in [0.2, 0.25) is 0 Å². The second-order valence-electron chi connectivity index (χ2n) is 2.94. The lowest BCUT2D eigenvalue weighted by Gasteiger charge is -2.27. The molecular formula is C7H13NO2. The van der Waals surface area contributed by atoms with Crippen LogP contribution < -0.4 is 5.73 Å². The molecule has 1 aliphatic rings. The van der Waals surface area contributed by atoms with E-state index in [4.69, 9.17) is 10.5 Å². The summed E-state index contributed by atoms with van der Waals surface area (Å²) in [5.41, 5.74) is 5.08. The van der Waals surface area contributed by atoms with Gasteiger partial charge in [0.05, 0.1) is 13.2 Å². The number of rotatable bonds is 3. The zero-order valence-corrected chi connectivity index (χ0v) is 6.17. The zero-order chi connectivity index (χ0) is 7.56. The smallest absolute Gasteiger partial charge is 0.220 e. The Labute approximate surface area is 60.5 Å². The predicted molar refractivity (Wildman–Crippen MR) is 37.3 cm³/mol. The van der Waals surface area contributed by atoms with Crippen LogP contribution >= 0.6 is 0 Å². The van der Waals surface area contributed by atoms with Crippen LogP contribution in [0.4, 0.5) is 0 Å². The number of hydrogen-bond acceptors (Lipinski definition) is 2. The van der Waals surface area contributed by atoms with Crippen molar-refractivity contribution in [3.8, 4) is 0 Å². The Bertz CT molecular complexity index is 132. The molecule has 0 aliphatic carbocycles. The molecule has 1 rings (SSSR count). The van der Waals surface area contributed by atoms with E-state index < -0.39 is 0 Å². The Morgan fingerprint density at radius 2 is 2.40 bits per heavy atom. The summed E-state index contributed by atoms with van der Waals surface area (Å²) in [5.74, 6) is 0.378. The van der Waals surface area contributed by atoms with Gasteiger partial charge in [-0.3, -0.25) is 4.79 Å². The van der Waals surface area contributed by atoms with E-state index >= 15 is 0 Å². The number of primary amides is 1. The lowest BCUT2D eigenvalue weighted by atomic mass is 9.94. The fraction of sp³-hybridized carbons (Fsp3) is 0.857. The summed E-state index contributed by atoms with van der Waals surface area (Å²) >= 11 is 0. The van der Waals surface area contributed by atoms with Gasteiger partial charge in [0, 0.05) is 11.8 Å². The third-order valence-electron chi connectivity index (χ3n) is 1.88. The van der Waals surface area contributed by atoms with Crippen molar-refractivity contribution in [2.24, 2.45) is 17.6 Å². The van der Waals surface area contributed by atoms with Crippen molar-refractivity contribution in [1.29, 1.82) is 0 Å². The maximum atomic E-state index is 10.6. The van der Waals surface area contributed by atoms with E-state index in [1.54, 1.807) is 0 Å². The minimum Gasteiger partial charge on any atom is -0.381 e. The predicted octanol–water partition coefficient (Wildman–Crippen LogP) is 0.144. The van der Waals surface area contributed by atoms with Crippen LogP contribution in [0, 0.1) is 11.8 Å². The summed E-state index contributed by atoms with van der Waals surface area (Å²) in [6, 6.07) is 0. The molecule has 0 spiro atoms. The van der Waals surface area contributed by atoms with Crippen LogP contribution in [0.3, 0.4) is 0 Å². The van der Waals surface area contributed by atoms with E-state index in [1.807, 2.05) is 6.92 Å². The first-order valence-electron chi connectivity index (χ1n) is 3.57. The van der Waals surface area contributed by atoms with Gasteiger partial charge in [0.1, 0.15) is 0 Å². The molecule has 3 nitrogen and oxygen atoms in total. The Hall–Kier alpha value is -0.570. The summed E-state index contributed by atoms with van der Waals surface area (Å²) in [6.07, 6.45) is 0.884.